The second-order valence-electron chi connectivity index (χ2n) is 5.25. The lowest BCUT2D eigenvalue weighted by Crippen LogP contribution is -2.35. The van der Waals surface area contributed by atoms with Crippen LogP contribution in [0.15, 0.2) is 46.1 Å². The number of hydrazone groups is 1. The van der Waals surface area contributed by atoms with E-state index in [-0.39, 0.29) is 12.3 Å². The van der Waals surface area contributed by atoms with Gasteiger partial charge in [-0.05, 0) is 37.3 Å². The van der Waals surface area contributed by atoms with Crippen LogP contribution in [0.25, 0.3) is 0 Å². The summed E-state index contributed by atoms with van der Waals surface area (Å²) in [5.41, 5.74) is 3.79. The van der Waals surface area contributed by atoms with E-state index < -0.39 is 11.8 Å². The fourth-order valence-electron chi connectivity index (χ4n) is 2.17. The molecule has 0 saturated heterocycles. The molecule has 0 atom stereocenters. The van der Waals surface area contributed by atoms with Crippen molar-refractivity contribution in [2.75, 3.05) is 19.8 Å². The van der Waals surface area contributed by atoms with Crippen LogP contribution in [0.3, 0.4) is 0 Å². The molecule has 3 rings (SSSR count). The van der Waals surface area contributed by atoms with Crippen LogP contribution in [0, 0.1) is 0 Å². The van der Waals surface area contributed by atoms with Gasteiger partial charge in [-0.15, -0.1) is 0 Å². The van der Waals surface area contributed by atoms with Gasteiger partial charge in [0.25, 0.3) is 11.8 Å². The van der Waals surface area contributed by atoms with Crippen LogP contribution in [-0.4, -0.2) is 37.3 Å². The molecule has 2 amide bonds. The first kappa shape index (κ1) is 16.6. The van der Waals surface area contributed by atoms with Gasteiger partial charge in [0.1, 0.15) is 13.2 Å². The summed E-state index contributed by atoms with van der Waals surface area (Å²) in [5.74, 6) is 0.566. The molecule has 2 N–H and O–H groups in total. The quantitative estimate of drug-likeness (QED) is 0.630. The van der Waals surface area contributed by atoms with Gasteiger partial charge in [0.15, 0.2) is 17.3 Å². The molecule has 1 aliphatic heterocycles. The van der Waals surface area contributed by atoms with Gasteiger partial charge >= 0.3 is 0 Å². The molecule has 2 heterocycles. The number of benzene rings is 1. The zero-order chi connectivity index (χ0) is 17.6. The normalized spacial score (nSPS) is 13.2. The van der Waals surface area contributed by atoms with E-state index in [4.69, 9.17) is 13.9 Å². The summed E-state index contributed by atoms with van der Waals surface area (Å²) in [6, 6.07) is 8.54. The van der Waals surface area contributed by atoms with Crippen molar-refractivity contribution in [3.8, 4) is 11.5 Å². The third kappa shape index (κ3) is 4.17. The van der Waals surface area contributed by atoms with Crippen LogP contribution in [0.1, 0.15) is 23.0 Å². The molecular weight excluding hydrogens is 326 g/mol. The van der Waals surface area contributed by atoms with Gasteiger partial charge in [0.2, 0.25) is 0 Å². The SMILES string of the molecule is C/C(=N/NC(=O)CNC(=O)c1ccco1)c1ccc2c(c1)OCCO2. The fraction of sp³-hybridized carbons (Fsp3) is 0.235. The van der Waals surface area contributed by atoms with Crippen molar-refractivity contribution < 1.29 is 23.5 Å². The predicted octanol–water partition coefficient (Wildman–Crippen LogP) is 1.32. The predicted molar refractivity (Wildman–Crippen MR) is 88.8 cm³/mol. The van der Waals surface area contributed by atoms with Crippen molar-refractivity contribution in [2.45, 2.75) is 6.92 Å². The molecule has 0 unspecified atom stereocenters. The van der Waals surface area contributed by atoms with E-state index in [0.717, 1.165) is 5.56 Å². The number of carbonyl (C=O) groups is 2. The summed E-state index contributed by atoms with van der Waals surface area (Å²) in [4.78, 5) is 23.4. The first-order chi connectivity index (χ1) is 12.1. The van der Waals surface area contributed by atoms with E-state index in [2.05, 4.69) is 15.8 Å². The van der Waals surface area contributed by atoms with Crippen LogP contribution in [0.4, 0.5) is 0 Å². The molecule has 130 valence electrons. The molecule has 0 saturated carbocycles. The first-order valence-electron chi connectivity index (χ1n) is 7.68. The number of furan rings is 1. The van der Waals surface area contributed by atoms with Gasteiger partial charge in [-0.1, -0.05) is 0 Å². The van der Waals surface area contributed by atoms with E-state index in [1.807, 2.05) is 6.07 Å². The van der Waals surface area contributed by atoms with Gasteiger partial charge < -0.3 is 19.2 Å². The lowest BCUT2D eigenvalue weighted by Gasteiger charge is -2.18. The molecule has 8 heteroatoms. The maximum atomic E-state index is 11.8. The monoisotopic (exact) mass is 343 g/mol. The van der Waals surface area contributed by atoms with Crippen LogP contribution in [-0.2, 0) is 4.79 Å². The number of nitrogens with zero attached hydrogens (tertiary/aromatic N) is 1. The molecule has 1 aromatic carbocycles. The number of nitrogens with one attached hydrogen (secondary N) is 2. The molecule has 25 heavy (non-hydrogen) atoms. The van der Waals surface area contributed by atoms with Crippen molar-refractivity contribution in [3.05, 3.63) is 47.9 Å². The van der Waals surface area contributed by atoms with E-state index >= 15 is 0 Å². The Balaban J connectivity index is 1.54. The highest BCUT2D eigenvalue weighted by molar-refractivity contribution is 6.00. The summed E-state index contributed by atoms with van der Waals surface area (Å²) < 4.78 is 15.9. The second kappa shape index (κ2) is 7.52. The molecule has 1 aliphatic rings. The Bertz CT molecular complexity index is 799. The zero-order valence-electron chi connectivity index (χ0n) is 13.6. The van der Waals surface area contributed by atoms with Gasteiger partial charge in [0.05, 0.1) is 18.5 Å². The average Bonchev–Trinajstić information content (AvgIpc) is 3.18. The summed E-state index contributed by atoms with van der Waals surface area (Å²) >= 11 is 0. The number of carbonyl (C=O) groups excluding carboxylic acids is 2. The first-order valence-corrected chi connectivity index (χ1v) is 7.68. The molecule has 2 aromatic rings. The minimum absolute atomic E-state index is 0.142. The van der Waals surface area contributed by atoms with Crippen LogP contribution >= 0.6 is 0 Å². The molecule has 0 spiro atoms. The van der Waals surface area contributed by atoms with Gasteiger partial charge in [-0.2, -0.15) is 5.10 Å². The molecular formula is C17H17N3O5. The Morgan fingerprint density at radius 2 is 1.96 bits per heavy atom. The third-order valence-corrected chi connectivity index (χ3v) is 3.46. The fourth-order valence-corrected chi connectivity index (χ4v) is 2.17. The average molecular weight is 343 g/mol. The topological polar surface area (TPSA) is 102 Å². The van der Waals surface area contributed by atoms with Gasteiger partial charge in [-0.25, -0.2) is 5.43 Å². The lowest BCUT2D eigenvalue weighted by atomic mass is 10.1. The molecule has 0 bridgehead atoms. The number of hydrogen-bond donors (Lipinski definition) is 2. The molecule has 8 nitrogen and oxygen atoms in total. The van der Waals surface area contributed by atoms with Gasteiger partial charge in [0, 0.05) is 5.56 Å². The van der Waals surface area contributed by atoms with Gasteiger partial charge in [-0.3, -0.25) is 9.59 Å². The van der Waals surface area contributed by atoms with E-state index in [0.29, 0.717) is 30.4 Å². The highest BCUT2D eigenvalue weighted by atomic mass is 16.6. The van der Waals surface area contributed by atoms with Crippen molar-refractivity contribution in [3.63, 3.8) is 0 Å². The van der Waals surface area contributed by atoms with E-state index in [1.165, 1.54) is 12.3 Å². The van der Waals surface area contributed by atoms with Crippen molar-refractivity contribution in [1.29, 1.82) is 0 Å². The van der Waals surface area contributed by atoms with Crippen LogP contribution < -0.4 is 20.2 Å². The standard InChI is InChI=1S/C17H17N3O5/c1-11(12-4-5-13-15(9-12)25-8-7-24-13)19-20-16(21)10-18-17(22)14-3-2-6-23-14/h2-6,9H,7-8,10H2,1H3,(H,18,22)(H,20,21)/b19-11-. The van der Waals surface area contributed by atoms with Crippen molar-refractivity contribution >= 4 is 17.5 Å². The number of rotatable bonds is 5. The third-order valence-electron chi connectivity index (χ3n) is 3.46. The van der Waals surface area contributed by atoms with Crippen molar-refractivity contribution in [1.82, 2.24) is 10.7 Å². The minimum Gasteiger partial charge on any atom is -0.486 e. The Morgan fingerprint density at radius 1 is 1.16 bits per heavy atom. The Hall–Kier alpha value is -3.29. The molecule has 0 radical (unpaired) electrons. The number of fused-ring (bicyclic) bond motifs is 1. The van der Waals surface area contributed by atoms with E-state index in [1.54, 1.807) is 25.1 Å². The summed E-state index contributed by atoms with van der Waals surface area (Å²) in [6.07, 6.45) is 1.38. The number of amides is 2. The Kier molecular flexibility index (Phi) is 4.98. The summed E-state index contributed by atoms with van der Waals surface area (Å²) in [5, 5.41) is 6.47. The smallest absolute Gasteiger partial charge is 0.287 e. The van der Waals surface area contributed by atoms with E-state index in [9.17, 15) is 9.59 Å². The van der Waals surface area contributed by atoms with Crippen LogP contribution in [0.2, 0.25) is 0 Å². The largest absolute Gasteiger partial charge is 0.486 e. The molecule has 0 fully saturated rings. The lowest BCUT2D eigenvalue weighted by molar-refractivity contribution is -0.120. The Labute approximate surface area is 143 Å². The molecule has 1 aromatic heterocycles. The summed E-state index contributed by atoms with van der Waals surface area (Å²) in [6.45, 7) is 2.57. The number of hydrogen-bond acceptors (Lipinski definition) is 6. The highest BCUT2D eigenvalue weighted by Crippen LogP contribution is 2.30. The summed E-state index contributed by atoms with van der Waals surface area (Å²) in [7, 11) is 0. The minimum atomic E-state index is -0.465. The number of ether oxygens (including phenoxy) is 2. The Morgan fingerprint density at radius 3 is 2.72 bits per heavy atom. The maximum Gasteiger partial charge on any atom is 0.287 e. The van der Waals surface area contributed by atoms with Crippen molar-refractivity contribution in [2.24, 2.45) is 5.10 Å². The molecule has 0 aliphatic carbocycles. The second-order valence-corrected chi connectivity index (χ2v) is 5.25. The maximum absolute atomic E-state index is 11.8. The van der Waals surface area contributed by atoms with Crippen LogP contribution in [0.5, 0.6) is 11.5 Å². The zero-order valence-corrected chi connectivity index (χ0v) is 13.6. The highest BCUT2D eigenvalue weighted by Gasteiger charge is 2.13.